The van der Waals surface area contributed by atoms with Crippen molar-refractivity contribution in [3.05, 3.63) is 113 Å². The summed E-state index contributed by atoms with van der Waals surface area (Å²) in [6.07, 6.45) is -1.52. The highest BCUT2D eigenvalue weighted by atomic mass is 19.3. The van der Waals surface area contributed by atoms with E-state index in [9.17, 15) is 30.7 Å². The third kappa shape index (κ3) is 5.79. The average molecular weight is 518 g/mol. The van der Waals surface area contributed by atoms with E-state index in [0.29, 0.717) is 35.9 Å². The zero-order valence-electron chi connectivity index (χ0n) is 19.6. The van der Waals surface area contributed by atoms with Gasteiger partial charge in [0.25, 0.3) is 0 Å². The third-order valence-electron chi connectivity index (χ3n) is 5.86. The fraction of sp³-hybridized carbons (Fsp3) is 0.172. The van der Waals surface area contributed by atoms with Crippen molar-refractivity contribution in [1.82, 2.24) is 0 Å². The van der Waals surface area contributed by atoms with E-state index in [4.69, 9.17) is 0 Å². The number of hydrogen-bond acceptors (Lipinski definition) is 1. The summed E-state index contributed by atoms with van der Waals surface area (Å²) < 4.78 is 104. The molecule has 0 heterocycles. The van der Waals surface area contributed by atoms with Gasteiger partial charge in [-0.3, -0.25) is 0 Å². The Kier molecular flexibility index (Phi) is 7.57. The predicted molar refractivity (Wildman–Crippen MR) is 127 cm³/mol. The molecule has 4 rings (SSSR count). The van der Waals surface area contributed by atoms with Gasteiger partial charge in [-0.1, -0.05) is 49.7 Å². The topological polar surface area (TPSA) is 9.23 Å². The Balaban J connectivity index is 1.60. The van der Waals surface area contributed by atoms with Crippen molar-refractivity contribution in [1.29, 1.82) is 0 Å². The zero-order valence-corrected chi connectivity index (χ0v) is 19.6. The number of unbranched alkanes of at least 4 members (excludes halogenated alkanes) is 1. The van der Waals surface area contributed by atoms with Crippen LogP contribution in [0.2, 0.25) is 0 Å². The Morgan fingerprint density at radius 2 is 1.24 bits per heavy atom. The van der Waals surface area contributed by atoms with Gasteiger partial charge in [-0.15, -0.1) is 0 Å². The predicted octanol–water partition coefficient (Wildman–Crippen LogP) is 9.19. The summed E-state index contributed by atoms with van der Waals surface area (Å²) in [6.45, 7) is 2.10. The van der Waals surface area contributed by atoms with E-state index in [2.05, 4.69) is 11.7 Å². The average Bonchev–Trinajstić information content (AvgIpc) is 2.84. The Labute approximate surface area is 209 Å². The van der Waals surface area contributed by atoms with Crippen LogP contribution in [0.1, 0.15) is 30.9 Å². The molecule has 0 aliphatic carbocycles. The van der Waals surface area contributed by atoms with E-state index < -0.39 is 46.5 Å². The molecule has 8 heteroatoms. The fourth-order valence-electron chi connectivity index (χ4n) is 3.92. The summed E-state index contributed by atoms with van der Waals surface area (Å²) >= 11 is 0. The van der Waals surface area contributed by atoms with Crippen molar-refractivity contribution >= 4 is 0 Å². The number of aryl methyl sites for hydroxylation is 1. The van der Waals surface area contributed by atoms with Crippen LogP contribution in [0.25, 0.3) is 22.3 Å². The van der Waals surface area contributed by atoms with Crippen LogP contribution in [0.4, 0.5) is 30.7 Å². The fourth-order valence-corrected chi connectivity index (χ4v) is 3.92. The first-order chi connectivity index (χ1) is 17.6. The van der Waals surface area contributed by atoms with Crippen molar-refractivity contribution < 1.29 is 35.5 Å². The molecule has 0 aromatic heterocycles. The van der Waals surface area contributed by atoms with Gasteiger partial charge in [0.15, 0.2) is 11.6 Å². The van der Waals surface area contributed by atoms with Gasteiger partial charge in [0.05, 0.1) is 0 Å². The minimum absolute atomic E-state index is 0.197. The lowest BCUT2D eigenvalue weighted by atomic mass is 9.97. The molecule has 0 saturated heterocycles. The van der Waals surface area contributed by atoms with Crippen molar-refractivity contribution in [3.63, 3.8) is 0 Å². The van der Waals surface area contributed by atoms with Crippen LogP contribution in [0.5, 0.6) is 5.75 Å². The monoisotopic (exact) mass is 518 g/mol. The second kappa shape index (κ2) is 10.7. The van der Waals surface area contributed by atoms with Gasteiger partial charge >= 0.3 is 6.11 Å². The highest BCUT2D eigenvalue weighted by Crippen LogP contribution is 2.38. The molecule has 0 fully saturated rings. The normalized spacial score (nSPS) is 11.6. The SMILES string of the molecule is CCCCc1ccc(-c2ccc(-c3cc(F)c(C(F)(F)Oc4ccc(F)c(F)c4)c(F)c3)c(F)c2)cc1. The second-order valence-electron chi connectivity index (χ2n) is 8.50. The van der Waals surface area contributed by atoms with E-state index in [1.807, 2.05) is 24.3 Å². The van der Waals surface area contributed by atoms with Crippen molar-refractivity contribution in [2.75, 3.05) is 0 Å². The standard InChI is InChI=1S/C29H21F7O/c1-2-3-4-17-5-7-18(8-6-17)19-9-11-22(24(31)13-19)20-14-26(33)28(27(34)15-20)29(35,36)37-21-10-12-23(30)25(32)16-21/h5-16H,2-4H2,1H3. The molecule has 0 spiro atoms. The van der Waals surface area contributed by atoms with Crippen molar-refractivity contribution in [3.8, 4) is 28.0 Å². The molecule has 0 N–H and O–H groups in total. The summed E-state index contributed by atoms with van der Waals surface area (Å²) in [6, 6.07) is 14.3. The maximum absolute atomic E-state index is 14.9. The summed E-state index contributed by atoms with van der Waals surface area (Å²) in [5.74, 6) is -7.83. The molecule has 0 amide bonds. The van der Waals surface area contributed by atoms with Gasteiger partial charge in [0.2, 0.25) is 0 Å². The van der Waals surface area contributed by atoms with Crippen LogP contribution in [-0.4, -0.2) is 0 Å². The van der Waals surface area contributed by atoms with E-state index >= 15 is 0 Å². The molecule has 0 atom stereocenters. The summed E-state index contributed by atoms with van der Waals surface area (Å²) in [5.41, 5.74) is 0.179. The van der Waals surface area contributed by atoms with Crippen LogP contribution in [-0.2, 0) is 12.5 Å². The maximum atomic E-state index is 14.9. The van der Waals surface area contributed by atoms with E-state index in [0.717, 1.165) is 30.4 Å². The van der Waals surface area contributed by atoms with Crippen LogP contribution in [0.3, 0.4) is 0 Å². The number of rotatable bonds is 8. The number of halogens is 7. The first kappa shape index (κ1) is 26.3. The van der Waals surface area contributed by atoms with Gasteiger partial charge in [-0.25, -0.2) is 22.0 Å². The smallest absolute Gasteiger partial charge is 0.429 e. The Hall–Kier alpha value is -3.81. The molecule has 4 aromatic rings. The lowest BCUT2D eigenvalue weighted by molar-refractivity contribution is -0.189. The molecule has 0 unspecified atom stereocenters. The third-order valence-corrected chi connectivity index (χ3v) is 5.86. The van der Waals surface area contributed by atoms with Gasteiger partial charge in [0, 0.05) is 11.6 Å². The van der Waals surface area contributed by atoms with Gasteiger partial charge in [0.1, 0.15) is 28.8 Å². The highest BCUT2D eigenvalue weighted by molar-refractivity contribution is 5.71. The molecular weight excluding hydrogens is 497 g/mol. The minimum atomic E-state index is -4.57. The molecule has 37 heavy (non-hydrogen) atoms. The molecular formula is C29H21F7O. The van der Waals surface area contributed by atoms with Gasteiger partial charge in [-0.05, 0) is 65.4 Å². The van der Waals surface area contributed by atoms with Crippen LogP contribution in [0.15, 0.2) is 72.8 Å². The molecule has 0 radical (unpaired) electrons. The van der Waals surface area contributed by atoms with E-state index in [1.165, 1.54) is 12.1 Å². The summed E-state index contributed by atoms with van der Waals surface area (Å²) in [7, 11) is 0. The number of hydrogen-bond donors (Lipinski definition) is 0. The molecule has 0 aliphatic heterocycles. The number of alkyl halides is 2. The van der Waals surface area contributed by atoms with Crippen LogP contribution >= 0.6 is 0 Å². The number of benzene rings is 4. The second-order valence-corrected chi connectivity index (χ2v) is 8.50. The van der Waals surface area contributed by atoms with Crippen LogP contribution in [0, 0.1) is 29.1 Å². The Morgan fingerprint density at radius 1 is 0.622 bits per heavy atom. The Morgan fingerprint density at radius 3 is 1.84 bits per heavy atom. The summed E-state index contributed by atoms with van der Waals surface area (Å²) in [5, 5.41) is 0. The van der Waals surface area contributed by atoms with Gasteiger partial charge < -0.3 is 4.74 Å². The lowest BCUT2D eigenvalue weighted by Crippen LogP contribution is -2.25. The van der Waals surface area contributed by atoms with Gasteiger partial charge in [-0.2, -0.15) is 8.78 Å². The van der Waals surface area contributed by atoms with E-state index in [-0.39, 0.29) is 11.1 Å². The molecule has 0 aliphatic rings. The van der Waals surface area contributed by atoms with E-state index in [1.54, 1.807) is 6.07 Å². The summed E-state index contributed by atoms with van der Waals surface area (Å²) in [4.78, 5) is 0. The van der Waals surface area contributed by atoms with Crippen molar-refractivity contribution in [2.24, 2.45) is 0 Å². The molecule has 0 saturated carbocycles. The Bertz CT molecular complexity index is 1390. The zero-order chi connectivity index (χ0) is 26.7. The maximum Gasteiger partial charge on any atom is 0.432 e. The molecule has 0 bridgehead atoms. The van der Waals surface area contributed by atoms with Crippen LogP contribution < -0.4 is 4.74 Å². The largest absolute Gasteiger partial charge is 0.432 e. The molecule has 192 valence electrons. The lowest BCUT2D eigenvalue weighted by Gasteiger charge is -2.20. The van der Waals surface area contributed by atoms with Crippen molar-refractivity contribution in [2.45, 2.75) is 32.3 Å². The minimum Gasteiger partial charge on any atom is -0.429 e. The first-order valence-electron chi connectivity index (χ1n) is 11.5. The number of ether oxygens (including phenoxy) is 1. The highest BCUT2D eigenvalue weighted by Gasteiger charge is 2.41. The first-order valence-corrected chi connectivity index (χ1v) is 11.5. The molecule has 1 nitrogen and oxygen atoms in total. The molecule has 4 aromatic carbocycles. The quantitative estimate of drug-likeness (QED) is 0.211.